The molecule has 0 radical (unpaired) electrons. The highest BCUT2D eigenvalue weighted by Gasteiger charge is 2.28. The van der Waals surface area contributed by atoms with Crippen LogP contribution in [0.25, 0.3) is 16.9 Å². The normalized spacial score (nSPS) is 18.4. The van der Waals surface area contributed by atoms with E-state index in [0.29, 0.717) is 37.5 Å². The molecule has 3 aliphatic rings. The maximum Gasteiger partial charge on any atom is 0.244 e. The van der Waals surface area contributed by atoms with Crippen LogP contribution in [-0.2, 0) is 4.79 Å². The molecule has 8 nitrogen and oxygen atoms in total. The molecule has 4 heterocycles. The lowest BCUT2D eigenvalue weighted by Crippen LogP contribution is -2.51. The summed E-state index contributed by atoms with van der Waals surface area (Å²) >= 11 is 0. The van der Waals surface area contributed by atoms with Crippen molar-refractivity contribution in [3.63, 3.8) is 0 Å². The first-order chi connectivity index (χ1) is 19.5. The number of amides is 1. The predicted octanol–water partition coefficient (Wildman–Crippen LogP) is 4.70. The number of anilines is 2. The van der Waals surface area contributed by atoms with Crippen molar-refractivity contribution in [3.8, 4) is 11.3 Å². The zero-order chi connectivity index (χ0) is 27.6. The number of benzene rings is 1. The molecule has 2 aromatic heterocycles. The molecule has 2 aliphatic heterocycles. The maximum absolute atomic E-state index is 14.5. The van der Waals surface area contributed by atoms with E-state index in [-0.39, 0.29) is 5.91 Å². The Labute approximate surface area is 231 Å². The highest BCUT2D eigenvalue weighted by atomic mass is 19.1. The van der Waals surface area contributed by atoms with E-state index in [4.69, 9.17) is 4.98 Å². The van der Waals surface area contributed by atoms with Crippen molar-refractivity contribution < 1.29 is 13.6 Å². The Morgan fingerprint density at radius 3 is 2.50 bits per heavy atom. The van der Waals surface area contributed by atoms with Crippen molar-refractivity contribution in [2.45, 2.75) is 25.8 Å². The molecule has 3 aromatic rings. The van der Waals surface area contributed by atoms with Gasteiger partial charge in [0, 0.05) is 69.0 Å². The van der Waals surface area contributed by atoms with Gasteiger partial charge < -0.3 is 20.0 Å². The van der Waals surface area contributed by atoms with Gasteiger partial charge in [0.2, 0.25) is 5.91 Å². The fourth-order valence-electron chi connectivity index (χ4n) is 5.50. The number of allylic oxidation sites excluding steroid dienone is 4. The van der Waals surface area contributed by atoms with Crippen molar-refractivity contribution >= 4 is 23.1 Å². The van der Waals surface area contributed by atoms with Gasteiger partial charge in [-0.3, -0.25) is 14.2 Å². The third kappa shape index (κ3) is 5.10. The lowest BCUT2D eigenvalue weighted by Gasteiger charge is -2.37. The third-order valence-electron chi connectivity index (χ3n) is 7.67. The smallest absolute Gasteiger partial charge is 0.244 e. The molecule has 0 saturated carbocycles. The zero-order valence-corrected chi connectivity index (χ0v) is 22.4. The molecule has 1 unspecified atom stereocenters. The van der Waals surface area contributed by atoms with Gasteiger partial charge >= 0.3 is 0 Å². The Kier molecular flexibility index (Phi) is 7.09. The number of piperazine rings is 1. The number of rotatable bonds is 6. The number of imidazole rings is 1. The number of nitrogens with one attached hydrogen (secondary N) is 1. The second-order valence-electron chi connectivity index (χ2n) is 10.2. The molecule has 40 heavy (non-hydrogen) atoms. The standard InChI is InChI=1S/C30H31F2N7O/c1-21(30(40)38-18-16-37(17-19-38)26-11-7-23(31)6-10-25(26)32)34-29-28(35-27-20-33-12-15-39(27)29)22-4-8-24(9-5-22)36-13-2-3-14-36/h4-5,7-12,15,20-21,34H,2-3,13-14,16-19H2,1H3. The molecule has 10 heteroatoms. The Balaban J connectivity index is 1.17. The minimum atomic E-state index is -0.621. The quantitative estimate of drug-likeness (QED) is 0.455. The van der Waals surface area contributed by atoms with Gasteiger partial charge in [-0.05, 0) is 44.1 Å². The molecule has 1 aliphatic carbocycles. The molecule has 0 spiro atoms. The number of carbonyl (C=O) groups excluding carboxylic acids is 1. The number of aromatic nitrogens is 3. The number of carbonyl (C=O) groups is 1. The fraction of sp³-hybridized carbons (Fsp3) is 0.333. The summed E-state index contributed by atoms with van der Waals surface area (Å²) in [6, 6.07) is 7.88. The van der Waals surface area contributed by atoms with Crippen LogP contribution in [0.2, 0.25) is 0 Å². The topological polar surface area (TPSA) is 69.0 Å². The minimum Gasteiger partial charge on any atom is -0.372 e. The van der Waals surface area contributed by atoms with Gasteiger partial charge in [-0.15, -0.1) is 0 Å². The van der Waals surface area contributed by atoms with Crippen LogP contribution in [0.5, 0.6) is 0 Å². The number of hydrogen-bond donors (Lipinski definition) is 1. The highest BCUT2D eigenvalue weighted by Crippen LogP contribution is 2.31. The van der Waals surface area contributed by atoms with Gasteiger partial charge in [0.15, 0.2) is 17.3 Å². The monoisotopic (exact) mass is 543 g/mol. The summed E-state index contributed by atoms with van der Waals surface area (Å²) in [5.41, 5.74) is 6.16. The summed E-state index contributed by atoms with van der Waals surface area (Å²) in [6.07, 6.45) is 11.3. The second kappa shape index (κ2) is 11.0. The Bertz CT molecular complexity index is 1540. The van der Waals surface area contributed by atoms with Crippen LogP contribution in [-0.4, -0.2) is 75.4 Å². The van der Waals surface area contributed by atoms with Gasteiger partial charge in [-0.25, -0.2) is 9.37 Å². The zero-order valence-electron chi connectivity index (χ0n) is 22.4. The van der Waals surface area contributed by atoms with Crippen molar-refractivity contribution in [2.75, 3.05) is 49.5 Å². The van der Waals surface area contributed by atoms with Gasteiger partial charge in [-0.2, -0.15) is 4.39 Å². The first-order valence-corrected chi connectivity index (χ1v) is 13.7. The molecule has 1 N–H and O–H groups in total. The molecule has 2 saturated heterocycles. The Morgan fingerprint density at radius 2 is 1.75 bits per heavy atom. The second-order valence-corrected chi connectivity index (χ2v) is 10.2. The lowest BCUT2D eigenvalue weighted by atomic mass is 10.1. The van der Waals surface area contributed by atoms with Crippen LogP contribution in [0.4, 0.5) is 20.3 Å². The van der Waals surface area contributed by atoms with E-state index in [0.717, 1.165) is 36.2 Å². The summed E-state index contributed by atoms with van der Waals surface area (Å²) in [6.45, 7) is 5.74. The number of nitrogens with zero attached hydrogens (tertiary/aromatic N) is 6. The van der Waals surface area contributed by atoms with Crippen molar-refractivity contribution in [1.29, 1.82) is 0 Å². The average molecular weight is 544 g/mol. The number of fused-ring (bicyclic) bond motifs is 1. The van der Waals surface area contributed by atoms with E-state index in [1.165, 1.54) is 30.7 Å². The molecule has 1 aromatic carbocycles. The number of halogens is 2. The van der Waals surface area contributed by atoms with Crippen LogP contribution in [0.3, 0.4) is 0 Å². The summed E-state index contributed by atoms with van der Waals surface area (Å²) in [4.78, 5) is 28.5. The van der Waals surface area contributed by atoms with E-state index in [9.17, 15) is 13.6 Å². The molecular formula is C30H31F2N7O. The molecule has 1 atom stereocenters. The Hall–Kier alpha value is -4.43. The highest BCUT2D eigenvalue weighted by molar-refractivity contribution is 5.86. The van der Waals surface area contributed by atoms with Crippen molar-refractivity contribution in [1.82, 2.24) is 24.2 Å². The summed E-state index contributed by atoms with van der Waals surface area (Å²) in [5, 5.41) is 3.41. The molecule has 1 amide bonds. The van der Waals surface area contributed by atoms with E-state index in [1.807, 2.05) is 22.4 Å². The summed E-state index contributed by atoms with van der Waals surface area (Å²) < 4.78 is 29.8. The van der Waals surface area contributed by atoms with E-state index < -0.39 is 17.7 Å². The van der Waals surface area contributed by atoms with Gasteiger partial charge in [0.05, 0.1) is 11.9 Å². The van der Waals surface area contributed by atoms with E-state index >= 15 is 0 Å². The SMILES string of the molecule is CC(Nc1c(-c2ccc(N3CCCC3)cc2)nc2cnccn12)C(=O)N1CCN(C2=C(F)C=C=C(F)C=C2)CC1. The molecule has 206 valence electrons. The van der Waals surface area contributed by atoms with E-state index in [2.05, 4.69) is 45.2 Å². The van der Waals surface area contributed by atoms with Crippen LogP contribution in [0.1, 0.15) is 19.8 Å². The predicted molar refractivity (Wildman–Crippen MR) is 151 cm³/mol. The minimum absolute atomic E-state index is 0.0579. The van der Waals surface area contributed by atoms with Crippen molar-refractivity contribution in [2.24, 2.45) is 0 Å². The van der Waals surface area contributed by atoms with Gasteiger partial charge in [0.25, 0.3) is 0 Å². The molecule has 6 rings (SSSR count). The first-order valence-electron chi connectivity index (χ1n) is 13.7. The largest absolute Gasteiger partial charge is 0.372 e. The van der Waals surface area contributed by atoms with Crippen LogP contribution < -0.4 is 10.2 Å². The summed E-state index contributed by atoms with van der Waals surface area (Å²) in [7, 11) is 0. The van der Waals surface area contributed by atoms with Gasteiger partial charge in [0.1, 0.15) is 17.6 Å². The maximum atomic E-state index is 14.5. The van der Waals surface area contributed by atoms with Crippen LogP contribution >= 0.6 is 0 Å². The number of hydrogen-bond acceptors (Lipinski definition) is 6. The average Bonchev–Trinajstić information content (AvgIpc) is 3.61. The van der Waals surface area contributed by atoms with Crippen LogP contribution in [0.15, 0.2) is 84.2 Å². The summed E-state index contributed by atoms with van der Waals surface area (Å²) in [5.74, 6) is -0.494. The van der Waals surface area contributed by atoms with Crippen molar-refractivity contribution in [3.05, 3.63) is 84.2 Å². The van der Waals surface area contributed by atoms with E-state index in [1.54, 1.807) is 17.3 Å². The van der Waals surface area contributed by atoms with Crippen LogP contribution in [0, 0.1) is 0 Å². The Morgan fingerprint density at radius 1 is 1.00 bits per heavy atom. The third-order valence-corrected chi connectivity index (χ3v) is 7.67. The molecule has 0 bridgehead atoms. The molecular weight excluding hydrogens is 512 g/mol. The van der Waals surface area contributed by atoms with Gasteiger partial charge in [-0.1, -0.05) is 17.9 Å². The lowest BCUT2D eigenvalue weighted by molar-refractivity contribution is -0.133. The molecule has 2 fully saturated rings. The fourth-order valence-corrected chi connectivity index (χ4v) is 5.50. The first kappa shape index (κ1) is 25.8.